The molecular formula is C36H42FN4NaO6. The van der Waals surface area contributed by atoms with Crippen molar-refractivity contribution in [3.63, 3.8) is 0 Å². The van der Waals surface area contributed by atoms with Gasteiger partial charge in [0.05, 0.1) is 16.0 Å². The Labute approximate surface area is 304 Å². The first-order chi connectivity index (χ1) is 22.7. The van der Waals surface area contributed by atoms with Crippen molar-refractivity contribution in [2.45, 2.75) is 51.0 Å². The summed E-state index contributed by atoms with van der Waals surface area (Å²) in [5.41, 5.74) is 2.64. The molecule has 0 amide bonds. The normalized spacial score (nSPS) is 17.7. The molecule has 0 aliphatic carbocycles. The summed E-state index contributed by atoms with van der Waals surface area (Å²) in [6.07, 6.45) is 4.22. The molecule has 4 aromatic rings. The molecule has 2 aliphatic rings. The van der Waals surface area contributed by atoms with E-state index in [1.807, 2.05) is 12.1 Å². The largest absolute Gasteiger partial charge is 1.00 e. The minimum atomic E-state index is -0.570. The summed E-state index contributed by atoms with van der Waals surface area (Å²) >= 11 is 0. The second kappa shape index (κ2) is 20.6. The number of aliphatic hydroxyl groups excluding tert-OH is 1. The number of likely N-dealkylation sites (tertiary alicyclic amines) is 2. The Morgan fingerprint density at radius 1 is 0.708 bits per heavy atom. The number of nitro groups is 2. The van der Waals surface area contributed by atoms with Gasteiger partial charge < -0.3 is 11.3 Å². The van der Waals surface area contributed by atoms with E-state index in [1.165, 1.54) is 23.3 Å². The maximum atomic E-state index is 12.1. The summed E-state index contributed by atoms with van der Waals surface area (Å²) < 4.78 is 18.1. The van der Waals surface area contributed by atoms with Gasteiger partial charge in [0.1, 0.15) is 17.7 Å². The Bertz CT molecular complexity index is 1520. The van der Waals surface area contributed by atoms with Crippen LogP contribution in [0, 0.1) is 26.0 Å². The van der Waals surface area contributed by atoms with Gasteiger partial charge in [-0.2, -0.15) is 0 Å². The second-order valence-electron chi connectivity index (χ2n) is 11.6. The van der Waals surface area contributed by atoms with Gasteiger partial charge in [-0.15, -0.1) is 0 Å². The van der Waals surface area contributed by atoms with Crippen molar-refractivity contribution in [3.05, 3.63) is 146 Å². The number of ether oxygens (including phenoxy) is 1. The summed E-state index contributed by atoms with van der Waals surface area (Å²) in [6, 6.07) is 31.5. The molecule has 12 heteroatoms. The number of aliphatic hydroxyl groups is 1. The van der Waals surface area contributed by atoms with Crippen molar-refractivity contribution in [1.29, 1.82) is 0 Å². The molecule has 2 atom stereocenters. The van der Waals surface area contributed by atoms with Gasteiger partial charge in [-0.1, -0.05) is 60.7 Å². The quantitative estimate of drug-likeness (QED) is 0.169. The Morgan fingerprint density at radius 2 is 1.17 bits per heavy atom. The Hall–Kier alpha value is -3.71. The zero-order valence-electron chi connectivity index (χ0n) is 28.3. The molecule has 6 rings (SSSR count). The number of nitrogens with zero attached hydrogens (tertiary/aromatic N) is 4. The number of β-amino-alcohol motifs (C(OH)–C–C–N with tert-alkyl or cyclic N) is 1. The first-order valence-corrected chi connectivity index (χ1v) is 15.8. The summed E-state index contributed by atoms with van der Waals surface area (Å²) in [5.74, 6) is 0.229. The van der Waals surface area contributed by atoms with Crippen LogP contribution in [0.25, 0.3) is 0 Å². The number of non-ortho nitro benzene ring substituents is 2. The molecule has 2 heterocycles. The molecule has 2 unspecified atom stereocenters. The van der Waals surface area contributed by atoms with Crippen LogP contribution in [0.1, 0.15) is 38.2 Å². The minimum absolute atomic E-state index is 0. The molecule has 0 radical (unpaired) electrons. The van der Waals surface area contributed by atoms with Crippen molar-refractivity contribution in [2.75, 3.05) is 26.2 Å². The number of halogens is 1. The van der Waals surface area contributed by atoms with Crippen molar-refractivity contribution in [2.24, 2.45) is 0 Å². The van der Waals surface area contributed by atoms with E-state index in [1.54, 1.807) is 12.1 Å². The summed E-state index contributed by atoms with van der Waals surface area (Å²) in [4.78, 5) is 24.4. The SMILES string of the molecule is O=[N+]([O-])c1ccc(F)cc1.O=[N+]([O-])c1ccc(OC2CCCN(Cc3ccccc3)C2)cc1.OC1CCCN(Cc2ccccc2)C1.[H-].[Na+]. The van der Waals surface area contributed by atoms with Gasteiger partial charge in [0.15, 0.2) is 0 Å². The van der Waals surface area contributed by atoms with Crippen molar-refractivity contribution in [3.8, 4) is 5.75 Å². The number of hydrogen-bond acceptors (Lipinski definition) is 8. The van der Waals surface area contributed by atoms with E-state index in [0.29, 0.717) is 5.75 Å². The van der Waals surface area contributed by atoms with Gasteiger partial charge in [-0.05, 0) is 74.2 Å². The first-order valence-electron chi connectivity index (χ1n) is 15.8. The van der Waals surface area contributed by atoms with Crippen LogP contribution in [0.3, 0.4) is 0 Å². The average Bonchev–Trinajstić information content (AvgIpc) is 3.07. The number of hydrogen-bond donors (Lipinski definition) is 1. The van der Waals surface area contributed by atoms with E-state index in [2.05, 4.69) is 58.3 Å². The number of piperidine rings is 2. The third-order valence-electron chi connectivity index (χ3n) is 7.83. The van der Waals surface area contributed by atoms with E-state index in [-0.39, 0.29) is 54.6 Å². The Kier molecular flexibility index (Phi) is 16.6. The van der Waals surface area contributed by atoms with Crippen LogP contribution in [-0.4, -0.2) is 63.1 Å². The number of benzene rings is 4. The molecule has 0 saturated carbocycles. The smallest absolute Gasteiger partial charge is 1.00 e. The van der Waals surface area contributed by atoms with Crippen LogP contribution >= 0.6 is 0 Å². The van der Waals surface area contributed by atoms with Gasteiger partial charge >= 0.3 is 29.6 Å². The predicted octanol–water partition coefficient (Wildman–Crippen LogP) is 4.13. The van der Waals surface area contributed by atoms with Crippen LogP contribution in [-0.2, 0) is 13.1 Å². The fourth-order valence-electron chi connectivity index (χ4n) is 5.51. The van der Waals surface area contributed by atoms with Gasteiger partial charge in [-0.25, -0.2) is 4.39 Å². The zero-order chi connectivity index (χ0) is 33.4. The van der Waals surface area contributed by atoms with Gasteiger partial charge in [0.25, 0.3) is 11.4 Å². The molecule has 4 aromatic carbocycles. The Balaban J connectivity index is 0.000000274. The molecule has 250 valence electrons. The van der Waals surface area contributed by atoms with E-state index in [4.69, 9.17) is 4.74 Å². The Morgan fingerprint density at radius 3 is 1.65 bits per heavy atom. The minimum Gasteiger partial charge on any atom is -1.00 e. The molecule has 48 heavy (non-hydrogen) atoms. The molecule has 1 N–H and O–H groups in total. The zero-order valence-corrected chi connectivity index (χ0v) is 29.3. The topological polar surface area (TPSA) is 122 Å². The number of nitro benzene ring substituents is 2. The van der Waals surface area contributed by atoms with Crippen molar-refractivity contribution in [1.82, 2.24) is 9.80 Å². The maximum Gasteiger partial charge on any atom is 1.00 e. The van der Waals surface area contributed by atoms with Crippen LogP contribution < -0.4 is 34.3 Å². The van der Waals surface area contributed by atoms with E-state index < -0.39 is 15.7 Å². The molecule has 2 saturated heterocycles. The van der Waals surface area contributed by atoms with Gasteiger partial charge in [-0.3, -0.25) is 30.0 Å². The fourth-order valence-corrected chi connectivity index (χ4v) is 5.51. The summed E-state index contributed by atoms with van der Waals surface area (Å²) in [5, 5.41) is 30.2. The van der Waals surface area contributed by atoms with E-state index in [0.717, 1.165) is 89.2 Å². The fraction of sp³-hybridized carbons (Fsp3) is 0.333. The van der Waals surface area contributed by atoms with Crippen molar-refractivity contribution < 1.29 is 55.1 Å². The second-order valence-corrected chi connectivity index (χ2v) is 11.6. The van der Waals surface area contributed by atoms with Gasteiger partial charge in [0, 0.05) is 50.4 Å². The first kappa shape index (κ1) is 38.7. The van der Waals surface area contributed by atoms with Crippen molar-refractivity contribution >= 4 is 11.4 Å². The molecule has 2 fully saturated rings. The monoisotopic (exact) mass is 668 g/mol. The molecule has 0 bridgehead atoms. The average molecular weight is 669 g/mol. The molecular weight excluding hydrogens is 626 g/mol. The van der Waals surface area contributed by atoms with E-state index >= 15 is 0 Å². The summed E-state index contributed by atoms with van der Waals surface area (Å²) in [6.45, 7) is 5.81. The van der Waals surface area contributed by atoms with Crippen LogP contribution in [0.2, 0.25) is 0 Å². The van der Waals surface area contributed by atoms with E-state index in [9.17, 15) is 29.7 Å². The summed E-state index contributed by atoms with van der Waals surface area (Å²) in [7, 11) is 0. The molecule has 0 aromatic heterocycles. The molecule has 10 nitrogen and oxygen atoms in total. The van der Waals surface area contributed by atoms with Crippen LogP contribution in [0.5, 0.6) is 5.75 Å². The predicted molar refractivity (Wildman–Crippen MR) is 180 cm³/mol. The van der Waals surface area contributed by atoms with Crippen LogP contribution in [0.4, 0.5) is 15.8 Å². The third kappa shape index (κ3) is 13.8. The maximum absolute atomic E-state index is 12.1. The van der Waals surface area contributed by atoms with Gasteiger partial charge in [0.2, 0.25) is 0 Å². The molecule has 2 aliphatic heterocycles. The standard InChI is InChI=1S/C18H20N2O3.C12H17NO.C6H4FNO2.Na.H/c21-20(22)16-8-10-17(11-9-16)23-18-7-4-12-19(14-18)13-15-5-2-1-3-6-15;14-12-7-4-8-13(10-12)9-11-5-2-1-3-6-11;7-5-1-3-6(4-2-5)8(9)10;;/h1-3,5-6,8-11,18H,4,7,12-14H2;1-3,5-6,12,14H,4,7-10H2;1-4H;;/q;;;+1;-1. The third-order valence-corrected chi connectivity index (χ3v) is 7.83. The molecule has 0 spiro atoms. The number of rotatable bonds is 8. The van der Waals surface area contributed by atoms with Crippen LogP contribution in [0.15, 0.2) is 109 Å².